The number of para-hydroxylation sites is 1. The molecule has 0 aliphatic rings. The highest BCUT2D eigenvalue weighted by molar-refractivity contribution is 6.14. The number of nitro benzene ring substituents is 1. The highest BCUT2D eigenvalue weighted by atomic mass is 16.6. The standard InChI is InChI=1S/C18H14N4O6/c1-28-12-8-6-11(7-9-12)10-21-16(15(18(24)25)19-20-21)17(23)13-4-2-3-5-14(13)22(26)27/h2-9H,10H2,1H3,(H,24,25). The van der Waals surface area contributed by atoms with Gasteiger partial charge in [0, 0.05) is 6.07 Å². The molecule has 2 aromatic carbocycles. The second-order valence-electron chi connectivity index (χ2n) is 5.70. The number of nitro groups is 1. The van der Waals surface area contributed by atoms with Crippen molar-refractivity contribution < 1.29 is 24.4 Å². The number of methoxy groups -OCH3 is 1. The summed E-state index contributed by atoms with van der Waals surface area (Å²) in [5, 5.41) is 27.9. The Balaban J connectivity index is 2.06. The van der Waals surface area contributed by atoms with E-state index in [1.807, 2.05) is 0 Å². The molecule has 1 aromatic heterocycles. The molecule has 10 heteroatoms. The molecular formula is C18H14N4O6. The third-order valence-corrected chi connectivity index (χ3v) is 3.99. The van der Waals surface area contributed by atoms with E-state index in [1.165, 1.54) is 31.4 Å². The zero-order chi connectivity index (χ0) is 20.3. The van der Waals surface area contributed by atoms with Crippen LogP contribution >= 0.6 is 0 Å². The summed E-state index contributed by atoms with van der Waals surface area (Å²) in [6.45, 7) is 0.0476. The van der Waals surface area contributed by atoms with E-state index in [-0.39, 0.29) is 17.8 Å². The quantitative estimate of drug-likeness (QED) is 0.373. The number of hydrogen-bond donors (Lipinski definition) is 1. The first-order chi connectivity index (χ1) is 13.4. The van der Waals surface area contributed by atoms with Crippen molar-refractivity contribution >= 4 is 17.4 Å². The molecule has 3 aromatic rings. The van der Waals surface area contributed by atoms with Gasteiger partial charge in [0.15, 0.2) is 0 Å². The fourth-order valence-electron chi connectivity index (χ4n) is 2.65. The minimum atomic E-state index is -1.46. The summed E-state index contributed by atoms with van der Waals surface area (Å²) in [5.74, 6) is -1.67. The van der Waals surface area contributed by atoms with Gasteiger partial charge >= 0.3 is 5.97 Å². The Morgan fingerprint density at radius 3 is 2.46 bits per heavy atom. The second-order valence-corrected chi connectivity index (χ2v) is 5.70. The Bertz CT molecular complexity index is 1060. The summed E-state index contributed by atoms with van der Waals surface area (Å²) in [5.41, 5.74) is -0.872. The van der Waals surface area contributed by atoms with Crippen LogP contribution in [0.15, 0.2) is 48.5 Å². The minimum Gasteiger partial charge on any atom is -0.497 e. The molecule has 0 amide bonds. The van der Waals surface area contributed by atoms with E-state index >= 15 is 0 Å². The molecule has 1 N–H and O–H groups in total. The zero-order valence-corrected chi connectivity index (χ0v) is 14.6. The van der Waals surface area contributed by atoms with Crippen LogP contribution in [-0.2, 0) is 6.54 Å². The van der Waals surface area contributed by atoms with Gasteiger partial charge < -0.3 is 9.84 Å². The Morgan fingerprint density at radius 1 is 1.18 bits per heavy atom. The van der Waals surface area contributed by atoms with E-state index in [2.05, 4.69) is 10.3 Å². The first kappa shape index (κ1) is 18.7. The SMILES string of the molecule is COc1ccc(Cn2nnc(C(=O)O)c2C(=O)c2ccccc2[N+](=O)[O-])cc1. The molecule has 0 fully saturated rings. The largest absolute Gasteiger partial charge is 0.497 e. The number of aromatic carboxylic acids is 1. The molecule has 0 atom stereocenters. The third-order valence-electron chi connectivity index (χ3n) is 3.99. The topological polar surface area (TPSA) is 137 Å². The second kappa shape index (κ2) is 7.66. The van der Waals surface area contributed by atoms with Crippen LogP contribution in [0.4, 0.5) is 5.69 Å². The molecule has 1 heterocycles. The third kappa shape index (κ3) is 3.56. The van der Waals surface area contributed by atoms with Crippen molar-refractivity contribution in [2.75, 3.05) is 7.11 Å². The summed E-state index contributed by atoms with van der Waals surface area (Å²) in [4.78, 5) is 35.0. The normalized spacial score (nSPS) is 10.5. The predicted octanol–water partition coefficient (Wildman–Crippen LogP) is 2.17. The Morgan fingerprint density at radius 2 is 1.86 bits per heavy atom. The summed E-state index contributed by atoms with van der Waals surface area (Å²) in [7, 11) is 1.52. The summed E-state index contributed by atoms with van der Waals surface area (Å²) < 4.78 is 6.20. The van der Waals surface area contributed by atoms with Crippen molar-refractivity contribution in [2.45, 2.75) is 6.54 Å². The van der Waals surface area contributed by atoms with Crippen LogP contribution in [0.5, 0.6) is 5.75 Å². The first-order valence-corrected chi connectivity index (χ1v) is 8.00. The van der Waals surface area contributed by atoms with Gasteiger partial charge in [-0.3, -0.25) is 14.9 Å². The van der Waals surface area contributed by atoms with Crippen molar-refractivity contribution in [1.29, 1.82) is 0 Å². The number of carboxylic acid groups (broad SMARTS) is 1. The van der Waals surface area contributed by atoms with Crippen molar-refractivity contribution in [1.82, 2.24) is 15.0 Å². The van der Waals surface area contributed by atoms with Crippen molar-refractivity contribution in [3.63, 3.8) is 0 Å². The Labute approximate surface area is 158 Å². The van der Waals surface area contributed by atoms with E-state index in [9.17, 15) is 24.8 Å². The maximum absolute atomic E-state index is 13.0. The van der Waals surface area contributed by atoms with Gasteiger partial charge in [0.2, 0.25) is 11.5 Å². The summed E-state index contributed by atoms with van der Waals surface area (Å²) in [6.07, 6.45) is 0. The van der Waals surface area contributed by atoms with E-state index in [0.717, 1.165) is 4.68 Å². The molecule has 0 spiro atoms. The van der Waals surface area contributed by atoms with Crippen LogP contribution in [0.1, 0.15) is 32.1 Å². The lowest BCUT2D eigenvalue weighted by atomic mass is 10.0. The van der Waals surface area contributed by atoms with Gasteiger partial charge in [-0.1, -0.05) is 29.5 Å². The highest BCUT2D eigenvalue weighted by Crippen LogP contribution is 2.23. The molecule has 0 saturated heterocycles. The molecule has 10 nitrogen and oxygen atoms in total. The molecule has 142 valence electrons. The van der Waals surface area contributed by atoms with Gasteiger partial charge in [0.25, 0.3) is 5.69 Å². The van der Waals surface area contributed by atoms with Crippen LogP contribution in [0, 0.1) is 10.1 Å². The van der Waals surface area contributed by atoms with Crippen molar-refractivity contribution in [2.24, 2.45) is 0 Å². The summed E-state index contributed by atoms with van der Waals surface area (Å²) in [6, 6.07) is 12.2. The van der Waals surface area contributed by atoms with E-state index < -0.39 is 28.1 Å². The molecule has 0 bridgehead atoms. The number of benzene rings is 2. The first-order valence-electron chi connectivity index (χ1n) is 8.00. The molecule has 0 aliphatic carbocycles. The number of nitrogens with zero attached hydrogens (tertiary/aromatic N) is 4. The average molecular weight is 382 g/mol. The van der Waals surface area contributed by atoms with Crippen LogP contribution < -0.4 is 4.74 Å². The van der Waals surface area contributed by atoms with Crippen molar-refractivity contribution in [3.8, 4) is 5.75 Å². The average Bonchev–Trinajstić information content (AvgIpc) is 3.11. The lowest BCUT2D eigenvalue weighted by molar-refractivity contribution is -0.385. The van der Waals surface area contributed by atoms with Gasteiger partial charge in [-0.2, -0.15) is 0 Å². The number of aromatic nitrogens is 3. The molecule has 28 heavy (non-hydrogen) atoms. The minimum absolute atomic E-state index is 0.0476. The smallest absolute Gasteiger partial charge is 0.358 e. The maximum atomic E-state index is 13.0. The maximum Gasteiger partial charge on any atom is 0.358 e. The lowest BCUT2D eigenvalue weighted by Crippen LogP contribution is -2.17. The van der Waals surface area contributed by atoms with Gasteiger partial charge in [0.1, 0.15) is 17.0 Å². The molecule has 0 aliphatic heterocycles. The number of carbonyl (C=O) groups is 2. The fraction of sp³-hybridized carbons (Fsp3) is 0.111. The lowest BCUT2D eigenvalue weighted by Gasteiger charge is -2.08. The Kier molecular flexibility index (Phi) is 5.12. The number of carbonyl (C=O) groups excluding carboxylic acids is 1. The molecular weight excluding hydrogens is 368 g/mol. The van der Waals surface area contributed by atoms with Crippen LogP contribution in [0.3, 0.4) is 0 Å². The molecule has 0 unspecified atom stereocenters. The van der Waals surface area contributed by atoms with Gasteiger partial charge in [-0.25, -0.2) is 9.48 Å². The van der Waals surface area contributed by atoms with Crippen LogP contribution in [0.2, 0.25) is 0 Å². The number of ketones is 1. The van der Waals surface area contributed by atoms with E-state index in [4.69, 9.17) is 4.74 Å². The zero-order valence-electron chi connectivity index (χ0n) is 14.6. The number of carboxylic acids is 1. The van der Waals surface area contributed by atoms with Gasteiger partial charge in [-0.05, 0) is 23.8 Å². The number of hydrogen-bond acceptors (Lipinski definition) is 7. The van der Waals surface area contributed by atoms with Crippen LogP contribution in [-0.4, -0.2) is 43.9 Å². The highest BCUT2D eigenvalue weighted by Gasteiger charge is 2.30. The molecule has 3 rings (SSSR count). The molecule has 0 radical (unpaired) electrons. The Hall–Kier alpha value is -4.08. The summed E-state index contributed by atoms with van der Waals surface area (Å²) >= 11 is 0. The monoisotopic (exact) mass is 382 g/mol. The van der Waals surface area contributed by atoms with E-state index in [0.29, 0.717) is 11.3 Å². The number of ether oxygens (including phenoxy) is 1. The van der Waals surface area contributed by atoms with E-state index in [1.54, 1.807) is 24.3 Å². The van der Waals surface area contributed by atoms with Crippen molar-refractivity contribution in [3.05, 3.63) is 81.2 Å². The predicted molar refractivity (Wildman–Crippen MR) is 95.6 cm³/mol. The fourth-order valence-corrected chi connectivity index (χ4v) is 2.65. The van der Waals surface area contributed by atoms with Gasteiger partial charge in [0.05, 0.1) is 18.6 Å². The molecule has 0 saturated carbocycles. The number of rotatable bonds is 7. The van der Waals surface area contributed by atoms with Crippen LogP contribution in [0.25, 0.3) is 0 Å². The van der Waals surface area contributed by atoms with Gasteiger partial charge in [-0.15, -0.1) is 5.10 Å².